The van der Waals surface area contributed by atoms with E-state index < -0.39 is 0 Å². The zero-order valence-corrected chi connectivity index (χ0v) is 9.68. The van der Waals surface area contributed by atoms with Crippen molar-refractivity contribution < 1.29 is 4.74 Å². The van der Waals surface area contributed by atoms with Crippen LogP contribution in [0.3, 0.4) is 0 Å². The lowest BCUT2D eigenvalue weighted by Gasteiger charge is -2.13. The lowest BCUT2D eigenvalue weighted by Crippen LogP contribution is -2.07. The maximum Gasteiger partial charge on any atom is 0.141 e. The molecule has 0 spiro atoms. The predicted molar refractivity (Wildman–Crippen MR) is 62.6 cm³/mol. The first-order chi connectivity index (χ1) is 7.20. The van der Waals surface area contributed by atoms with Crippen LogP contribution in [0.2, 0.25) is 5.02 Å². The van der Waals surface area contributed by atoms with E-state index in [1.54, 1.807) is 0 Å². The van der Waals surface area contributed by atoms with Crippen LogP contribution in [0.25, 0.3) is 0 Å². The fraction of sp³-hybridized carbons (Fsp3) is 0.500. The number of benzene rings is 1. The van der Waals surface area contributed by atoms with Crippen molar-refractivity contribution in [3.63, 3.8) is 0 Å². The molecule has 1 aromatic carbocycles. The number of ether oxygens (including phenoxy) is 1. The molecule has 3 heteroatoms. The van der Waals surface area contributed by atoms with Crippen LogP contribution in [0, 0.1) is 6.92 Å². The summed E-state index contributed by atoms with van der Waals surface area (Å²) in [7, 11) is 0. The first kappa shape index (κ1) is 10.8. The summed E-state index contributed by atoms with van der Waals surface area (Å²) >= 11 is 6.18. The number of nitrogens with two attached hydrogens (primary N) is 1. The summed E-state index contributed by atoms with van der Waals surface area (Å²) in [5.74, 6) is 0.843. The van der Waals surface area contributed by atoms with Gasteiger partial charge in [-0.3, -0.25) is 0 Å². The highest BCUT2D eigenvalue weighted by Crippen LogP contribution is 2.35. The molecular weight excluding hydrogens is 210 g/mol. The molecule has 1 aromatic rings. The minimum absolute atomic E-state index is 0.377. The predicted octanol–water partition coefficient (Wildman–Crippen LogP) is 2.69. The second kappa shape index (κ2) is 4.42. The lowest BCUT2D eigenvalue weighted by atomic mass is 10.1. The molecule has 0 aromatic heterocycles. The molecule has 0 radical (unpaired) electrons. The van der Waals surface area contributed by atoms with E-state index in [4.69, 9.17) is 22.1 Å². The van der Waals surface area contributed by atoms with Gasteiger partial charge in [-0.15, -0.1) is 0 Å². The number of hydrogen-bond acceptors (Lipinski definition) is 2. The minimum atomic E-state index is 0.377. The highest BCUT2D eigenvalue weighted by molar-refractivity contribution is 6.32. The quantitative estimate of drug-likeness (QED) is 0.855. The normalized spacial score (nSPS) is 15.4. The van der Waals surface area contributed by atoms with E-state index in [1.807, 2.05) is 13.0 Å². The van der Waals surface area contributed by atoms with Crippen LogP contribution in [-0.2, 0) is 6.42 Å². The maximum absolute atomic E-state index is 6.18. The molecule has 0 aliphatic heterocycles. The van der Waals surface area contributed by atoms with Gasteiger partial charge in [0.15, 0.2) is 0 Å². The van der Waals surface area contributed by atoms with Crippen molar-refractivity contribution in [1.29, 1.82) is 0 Å². The van der Waals surface area contributed by atoms with Crippen LogP contribution in [0.4, 0.5) is 0 Å². The molecule has 1 fully saturated rings. The van der Waals surface area contributed by atoms with Gasteiger partial charge in [-0.25, -0.2) is 0 Å². The van der Waals surface area contributed by atoms with E-state index in [2.05, 4.69) is 6.07 Å². The van der Waals surface area contributed by atoms with Crippen molar-refractivity contribution in [1.82, 2.24) is 0 Å². The molecule has 1 aliphatic rings. The SMILES string of the molecule is Cc1cc(Cl)c(OC2CC2)c(CCN)c1. The van der Waals surface area contributed by atoms with Gasteiger partial charge in [-0.2, -0.15) is 0 Å². The summed E-state index contributed by atoms with van der Waals surface area (Å²) in [4.78, 5) is 0. The van der Waals surface area contributed by atoms with Crippen LogP contribution in [0.1, 0.15) is 24.0 Å². The van der Waals surface area contributed by atoms with Crippen molar-refractivity contribution in [2.75, 3.05) is 6.54 Å². The molecule has 2 N–H and O–H groups in total. The van der Waals surface area contributed by atoms with Gasteiger partial charge in [0.2, 0.25) is 0 Å². The van der Waals surface area contributed by atoms with Gasteiger partial charge in [-0.05, 0) is 49.9 Å². The third-order valence-electron chi connectivity index (χ3n) is 2.49. The van der Waals surface area contributed by atoms with E-state index >= 15 is 0 Å². The van der Waals surface area contributed by atoms with Crippen molar-refractivity contribution in [3.8, 4) is 5.75 Å². The van der Waals surface area contributed by atoms with Gasteiger partial charge < -0.3 is 10.5 Å². The fourth-order valence-electron chi connectivity index (χ4n) is 1.63. The average molecular weight is 226 g/mol. The van der Waals surface area contributed by atoms with Crippen molar-refractivity contribution in [2.24, 2.45) is 5.73 Å². The molecule has 0 heterocycles. The Kier molecular flexibility index (Phi) is 3.17. The topological polar surface area (TPSA) is 35.2 Å². The molecule has 0 bridgehead atoms. The Bertz CT molecular complexity index is 361. The van der Waals surface area contributed by atoms with Crippen LogP contribution < -0.4 is 10.5 Å². The van der Waals surface area contributed by atoms with E-state index in [0.29, 0.717) is 17.7 Å². The number of aryl methyl sites for hydroxylation is 1. The molecule has 15 heavy (non-hydrogen) atoms. The van der Waals surface area contributed by atoms with Gasteiger partial charge in [0.1, 0.15) is 5.75 Å². The van der Waals surface area contributed by atoms with Crippen LogP contribution in [0.5, 0.6) is 5.75 Å². The average Bonchev–Trinajstić information content (AvgIpc) is 2.95. The van der Waals surface area contributed by atoms with E-state index in [1.165, 1.54) is 0 Å². The summed E-state index contributed by atoms with van der Waals surface area (Å²) in [6.07, 6.45) is 3.49. The molecule has 1 aliphatic carbocycles. The highest BCUT2D eigenvalue weighted by Gasteiger charge is 2.25. The van der Waals surface area contributed by atoms with Crippen LogP contribution >= 0.6 is 11.6 Å². The fourth-order valence-corrected chi connectivity index (χ4v) is 1.96. The maximum atomic E-state index is 6.18. The van der Waals surface area contributed by atoms with Gasteiger partial charge in [0.25, 0.3) is 0 Å². The first-order valence-corrected chi connectivity index (χ1v) is 5.74. The Hall–Kier alpha value is -0.730. The van der Waals surface area contributed by atoms with Crippen LogP contribution in [0.15, 0.2) is 12.1 Å². The standard InChI is InChI=1S/C12H16ClNO/c1-8-6-9(4-5-14)12(11(13)7-8)15-10-2-3-10/h6-7,10H,2-5,14H2,1H3. The second-order valence-electron chi connectivity index (χ2n) is 4.09. The lowest BCUT2D eigenvalue weighted by molar-refractivity contribution is 0.300. The molecule has 2 nitrogen and oxygen atoms in total. The Morgan fingerprint density at radius 2 is 2.20 bits per heavy atom. The van der Waals surface area contributed by atoms with E-state index in [0.717, 1.165) is 36.1 Å². The van der Waals surface area contributed by atoms with Crippen molar-refractivity contribution in [2.45, 2.75) is 32.3 Å². The summed E-state index contributed by atoms with van der Waals surface area (Å²) in [6, 6.07) is 4.05. The Labute approximate surface area is 95.4 Å². The van der Waals surface area contributed by atoms with Gasteiger partial charge >= 0.3 is 0 Å². The Morgan fingerprint density at radius 3 is 2.80 bits per heavy atom. The van der Waals surface area contributed by atoms with Crippen LogP contribution in [-0.4, -0.2) is 12.6 Å². The zero-order chi connectivity index (χ0) is 10.8. The van der Waals surface area contributed by atoms with Crippen molar-refractivity contribution in [3.05, 3.63) is 28.3 Å². The summed E-state index contributed by atoms with van der Waals surface area (Å²) < 4.78 is 5.81. The Balaban J connectivity index is 2.29. The molecule has 0 amide bonds. The van der Waals surface area contributed by atoms with Crippen molar-refractivity contribution >= 4 is 11.6 Å². The van der Waals surface area contributed by atoms with Gasteiger partial charge in [0, 0.05) is 0 Å². The van der Waals surface area contributed by atoms with E-state index in [-0.39, 0.29) is 0 Å². The second-order valence-corrected chi connectivity index (χ2v) is 4.50. The summed E-state index contributed by atoms with van der Waals surface area (Å²) in [5, 5.41) is 0.713. The molecule has 2 rings (SSSR count). The Morgan fingerprint density at radius 1 is 1.47 bits per heavy atom. The highest BCUT2D eigenvalue weighted by atomic mass is 35.5. The number of rotatable bonds is 4. The van der Waals surface area contributed by atoms with E-state index in [9.17, 15) is 0 Å². The smallest absolute Gasteiger partial charge is 0.141 e. The minimum Gasteiger partial charge on any atom is -0.489 e. The zero-order valence-electron chi connectivity index (χ0n) is 8.92. The van der Waals surface area contributed by atoms with Gasteiger partial charge in [-0.1, -0.05) is 17.7 Å². The monoisotopic (exact) mass is 225 g/mol. The van der Waals surface area contributed by atoms with Gasteiger partial charge in [0.05, 0.1) is 11.1 Å². The summed E-state index contributed by atoms with van der Waals surface area (Å²) in [6.45, 7) is 2.66. The summed E-state index contributed by atoms with van der Waals surface area (Å²) in [5.41, 5.74) is 7.87. The molecule has 1 saturated carbocycles. The molecule has 0 atom stereocenters. The molecule has 82 valence electrons. The molecule has 0 saturated heterocycles. The number of hydrogen-bond donors (Lipinski definition) is 1. The first-order valence-electron chi connectivity index (χ1n) is 5.36. The molecule has 0 unspecified atom stereocenters. The molecular formula is C12H16ClNO. The number of halogens is 1. The third-order valence-corrected chi connectivity index (χ3v) is 2.77. The third kappa shape index (κ3) is 2.64. The largest absolute Gasteiger partial charge is 0.489 e.